The molecule has 0 atom stereocenters. The molecule has 76 valence electrons. The highest BCUT2D eigenvalue weighted by atomic mass is 16.6. The summed E-state index contributed by atoms with van der Waals surface area (Å²) >= 11 is 0. The zero-order chi connectivity index (χ0) is 10.1. The maximum atomic E-state index is 11.3. The van der Waals surface area contributed by atoms with E-state index in [0.29, 0.717) is 13.1 Å². The first-order valence-corrected chi connectivity index (χ1v) is 4.60. The Balaban J connectivity index is 2.33. The lowest BCUT2D eigenvalue weighted by Gasteiger charge is -2.37. The Morgan fingerprint density at radius 1 is 1.62 bits per heavy atom. The van der Waals surface area contributed by atoms with Crippen molar-refractivity contribution in [3.8, 4) is 0 Å². The molecule has 0 unspecified atom stereocenters. The van der Waals surface area contributed by atoms with Crippen LogP contribution in [0.15, 0.2) is 0 Å². The zero-order valence-corrected chi connectivity index (χ0v) is 8.41. The van der Waals surface area contributed by atoms with Gasteiger partial charge in [-0.1, -0.05) is 6.92 Å². The van der Waals surface area contributed by atoms with Crippen LogP contribution in [0.2, 0.25) is 0 Å². The average Bonchev–Trinajstić information content (AvgIpc) is 1.98. The van der Waals surface area contributed by atoms with Gasteiger partial charge in [0, 0.05) is 0 Å². The molecule has 1 heterocycles. The summed E-state index contributed by atoms with van der Waals surface area (Å²) in [4.78, 5) is 12.8. The van der Waals surface area contributed by atoms with E-state index in [2.05, 4.69) is 0 Å². The first-order chi connectivity index (χ1) is 5.94. The fourth-order valence-electron chi connectivity index (χ4n) is 0.977. The van der Waals surface area contributed by atoms with Crippen LogP contribution in [0.1, 0.15) is 27.2 Å². The summed E-state index contributed by atoms with van der Waals surface area (Å²) in [6.07, 6.45) is 0.101. The molecule has 0 aromatic heterocycles. The molecule has 0 saturated carbocycles. The summed E-state index contributed by atoms with van der Waals surface area (Å²) < 4.78 is 5.22. The number of aliphatic hydroxyl groups excluding tert-OH is 1. The lowest BCUT2D eigenvalue weighted by atomic mass is 10.1. The van der Waals surface area contributed by atoms with Gasteiger partial charge in [-0.15, -0.1) is 0 Å². The summed E-state index contributed by atoms with van der Waals surface area (Å²) in [6.45, 7) is 6.53. The summed E-state index contributed by atoms with van der Waals surface area (Å²) in [5, 5.41) is 8.97. The van der Waals surface area contributed by atoms with Gasteiger partial charge in [0.25, 0.3) is 0 Å². The highest BCUT2D eigenvalue weighted by molar-refractivity contribution is 5.69. The highest BCUT2D eigenvalue weighted by Gasteiger charge is 2.32. The number of carbonyl (C=O) groups is 1. The lowest BCUT2D eigenvalue weighted by Crippen LogP contribution is -2.54. The van der Waals surface area contributed by atoms with Crippen LogP contribution < -0.4 is 0 Å². The predicted molar refractivity (Wildman–Crippen MR) is 48.4 cm³/mol. The van der Waals surface area contributed by atoms with Gasteiger partial charge in [-0.2, -0.15) is 0 Å². The summed E-state index contributed by atoms with van der Waals surface area (Å²) in [5.74, 6) is 0. The van der Waals surface area contributed by atoms with E-state index in [1.807, 2.05) is 20.8 Å². The lowest BCUT2D eigenvalue weighted by molar-refractivity contribution is -0.0366. The van der Waals surface area contributed by atoms with Crippen molar-refractivity contribution in [2.24, 2.45) is 0 Å². The molecule has 0 aromatic rings. The van der Waals surface area contributed by atoms with Crippen LogP contribution in [0.25, 0.3) is 0 Å². The summed E-state index contributed by atoms with van der Waals surface area (Å²) in [7, 11) is 0. The van der Waals surface area contributed by atoms with Crippen LogP contribution in [0.5, 0.6) is 0 Å². The standard InChI is InChI=1S/C9H17NO3/c1-4-9(2,3)13-8(12)10-5-7(11)6-10/h7,11H,4-6H2,1-3H3. The van der Waals surface area contributed by atoms with Crippen LogP contribution >= 0.6 is 0 Å². The predicted octanol–water partition coefficient (Wildman–Crippen LogP) is 0.988. The van der Waals surface area contributed by atoms with E-state index in [1.54, 1.807) is 0 Å². The van der Waals surface area contributed by atoms with E-state index in [-0.39, 0.29) is 12.2 Å². The number of hydrogen-bond acceptors (Lipinski definition) is 3. The maximum absolute atomic E-state index is 11.3. The Morgan fingerprint density at radius 2 is 2.15 bits per heavy atom. The molecule has 0 aromatic carbocycles. The van der Waals surface area contributed by atoms with Crippen LogP contribution in [0.3, 0.4) is 0 Å². The van der Waals surface area contributed by atoms with Gasteiger partial charge in [-0.3, -0.25) is 0 Å². The highest BCUT2D eigenvalue weighted by Crippen LogP contribution is 2.18. The first kappa shape index (κ1) is 10.3. The Bertz CT molecular complexity index is 197. The van der Waals surface area contributed by atoms with Crippen molar-refractivity contribution in [1.82, 2.24) is 4.90 Å². The van der Waals surface area contributed by atoms with Crippen molar-refractivity contribution in [1.29, 1.82) is 0 Å². The molecule has 1 aliphatic heterocycles. The molecule has 13 heavy (non-hydrogen) atoms. The monoisotopic (exact) mass is 187 g/mol. The number of hydrogen-bond donors (Lipinski definition) is 1. The second-order valence-electron chi connectivity index (χ2n) is 4.04. The van der Waals surface area contributed by atoms with Crippen LogP contribution in [0, 0.1) is 0 Å². The van der Waals surface area contributed by atoms with E-state index in [9.17, 15) is 4.79 Å². The Kier molecular flexibility index (Phi) is 2.81. The number of ether oxygens (including phenoxy) is 1. The number of β-amino-alcohol motifs (C(OH)–C–C–N with tert-alkyl or cyclic N) is 1. The normalized spacial score (nSPS) is 18.3. The second-order valence-corrected chi connectivity index (χ2v) is 4.04. The van der Waals surface area contributed by atoms with Gasteiger partial charge in [-0.05, 0) is 20.3 Å². The molecule has 1 fully saturated rings. The van der Waals surface area contributed by atoms with Crippen molar-refractivity contribution in [3.63, 3.8) is 0 Å². The van der Waals surface area contributed by atoms with Crippen molar-refractivity contribution >= 4 is 6.09 Å². The molecule has 1 aliphatic rings. The van der Waals surface area contributed by atoms with Gasteiger partial charge >= 0.3 is 6.09 Å². The third-order valence-corrected chi connectivity index (χ3v) is 2.34. The molecule has 1 amide bonds. The Morgan fingerprint density at radius 3 is 2.54 bits per heavy atom. The number of nitrogens with zero attached hydrogens (tertiary/aromatic N) is 1. The molecule has 0 aliphatic carbocycles. The molecular formula is C9H17NO3. The van der Waals surface area contributed by atoms with Gasteiger partial charge in [0.1, 0.15) is 5.60 Å². The van der Waals surface area contributed by atoms with E-state index in [0.717, 1.165) is 6.42 Å². The summed E-state index contributed by atoms with van der Waals surface area (Å²) in [6, 6.07) is 0. The average molecular weight is 187 g/mol. The molecule has 0 spiro atoms. The first-order valence-electron chi connectivity index (χ1n) is 4.60. The third kappa shape index (κ3) is 2.59. The van der Waals surface area contributed by atoms with Crippen LogP contribution in [0.4, 0.5) is 4.79 Å². The largest absolute Gasteiger partial charge is 0.443 e. The molecule has 1 N–H and O–H groups in total. The minimum Gasteiger partial charge on any atom is -0.443 e. The van der Waals surface area contributed by atoms with E-state index >= 15 is 0 Å². The number of likely N-dealkylation sites (tertiary alicyclic amines) is 1. The molecular weight excluding hydrogens is 170 g/mol. The van der Waals surface area contributed by atoms with Crippen molar-refractivity contribution < 1.29 is 14.6 Å². The molecule has 1 saturated heterocycles. The van der Waals surface area contributed by atoms with Crippen LogP contribution in [-0.4, -0.2) is 40.9 Å². The second kappa shape index (κ2) is 3.54. The van der Waals surface area contributed by atoms with E-state index in [1.165, 1.54) is 4.90 Å². The fraction of sp³-hybridized carbons (Fsp3) is 0.889. The van der Waals surface area contributed by atoms with Crippen molar-refractivity contribution in [2.45, 2.75) is 38.9 Å². The molecule has 0 bridgehead atoms. The molecule has 4 nitrogen and oxygen atoms in total. The van der Waals surface area contributed by atoms with E-state index < -0.39 is 5.60 Å². The van der Waals surface area contributed by atoms with Gasteiger partial charge in [0.2, 0.25) is 0 Å². The van der Waals surface area contributed by atoms with Gasteiger partial charge in [0.15, 0.2) is 0 Å². The molecule has 1 rings (SSSR count). The third-order valence-electron chi connectivity index (χ3n) is 2.34. The fourth-order valence-corrected chi connectivity index (χ4v) is 0.977. The summed E-state index contributed by atoms with van der Waals surface area (Å²) in [5.41, 5.74) is -0.405. The van der Waals surface area contributed by atoms with E-state index in [4.69, 9.17) is 9.84 Å². The number of aliphatic hydroxyl groups is 1. The molecule has 0 radical (unpaired) electrons. The van der Waals surface area contributed by atoms with Gasteiger partial charge < -0.3 is 14.7 Å². The smallest absolute Gasteiger partial charge is 0.410 e. The Labute approximate surface area is 78.5 Å². The minimum absolute atomic E-state index is 0.322. The van der Waals surface area contributed by atoms with Gasteiger partial charge in [-0.25, -0.2) is 4.79 Å². The Hall–Kier alpha value is -0.770. The maximum Gasteiger partial charge on any atom is 0.410 e. The number of amides is 1. The molecule has 4 heteroatoms. The number of carbonyl (C=O) groups excluding carboxylic acids is 1. The van der Waals surface area contributed by atoms with Gasteiger partial charge in [0.05, 0.1) is 19.2 Å². The van der Waals surface area contributed by atoms with Crippen molar-refractivity contribution in [3.05, 3.63) is 0 Å². The zero-order valence-electron chi connectivity index (χ0n) is 8.41. The SMILES string of the molecule is CCC(C)(C)OC(=O)N1CC(O)C1. The van der Waals surface area contributed by atoms with Crippen LogP contribution in [-0.2, 0) is 4.74 Å². The quantitative estimate of drug-likeness (QED) is 0.701. The number of rotatable bonds is 2. The topological polar surface area (TPSA) is 49.8 Å². The minimum atomic E-state index is -0.405. The van der Waals surface area contributed by atoms with Crippen molar-refractivity contribution in [2.75, 3.05) is 13.1 Å².